The van der Waals surface area contributed by atoms with Crippen molar-refractivity contribution in [3.05, 3.63) is 48.0 Å². The first kappa shape index (κ1) is 18.5. The summed E-state index contributed by atoms with van der Waals surface area (Å²) in [4.78, 5) is 25.7. The van der Waals surface area contributed by atoms with Gasteiger partial charge in [0.05, 0.1) is 10.3 Å². The monoisotopic (exact) mass is 399 g/mol. The van der Waals surface area contributed by atoms with Gasteiger partial charge in [-0.05, 0) is 68.3 Å². The predicted octanol–water partition coefficient (Wildman–Crippen LogP) is 2.84. The van der Waals surface area contributed by atoms with E-state index in [1.165, 1.54) is 12.1 Å². The summed E-state index contributed by atoms with van der Waals surface area (Å²) >= 11 is 0. The van der Waals surface area contributed by atoms with Gasteiger partial charge in [-0.2, -0.15) is 0 Å². The molecular weight excluding hydrogens is 378 g/mol. The van der Waals surface area contributed by atoms with Gasteiger partial charge in [-0.25, -0.2) is 8.42 Å². The molecule has 2 heterocycles. The number of sulfonamides is 1. The van der Waals surface area contributed by atoms with Gasteiger partial charge in [0, 0.05) is 30.0 Å². The lowest BCUT2D eigenvalue weighted by Gasteiger charge is -2.17. The molecule has 8 heteroatoms. The van der Waals surface area contributed by atoms with Crippen molar-refractivity contribution in [1.29, 1.82) is 0 Å². The standard InChI is InChI=1S/C20H21N3O4S/c1-20(2)16-12-13(5-10-17(16)21-19(20)25)22-28(26,27)15-8-6-14(7-9-15)23-11-3-4-18(23)24/h5-10,12,22H,3-4,11H2,1-2H3,(H,21,25). The average Bonchev–Trinajstić information content (AvgIpc) is 3.17. The van der Waals surface area contributed by atoms with Gasteiger partial charge < -0.3 is 10.2 Å². The Morgan fingerprint density at radius 2 is 1.79 bits per heavy atom. The Hall–Kier alpha value is -2.87. The van der Waals surface area contributed by atoms with Gasteiger partial charge in [-0.15, -0.1) is 0 Å². The molecule has 2 aliphatic heterocycles. The molecule has 0 atom stereocenters. The van der Waals surface area contributed by atoms with Crippen molar-refractivity contribution in [2.45, 2.75) is 37.0 Å². The molecule has 0 aliphatic carbocycles. The fraction of sp³-hybridized carbons (Fsp3) is 0.300. The van der Waals surface area contributed by atoms with E-state index in [0.717, 1.165) is 12.0 Å². The number of carbonyl (C=O) groups is 2. The molecule has 2 aromatic rings. The average molecular weight is 399 g/mol. The minimum absolute atomic E-state index is 0.0534. The summed E-state index contributed by atoms with van der Waals surface area (Å²) in [7, 11) is -3.79. The van der Waals surface area contributed by atoms with Gasteiger partial charge in [-0.3, -0.25) is 14.3 Å². The zero-order valence-corrected chi connectivity index (χ0v) is 16.5. The lowest BCUT2D eigenvalue weighted by atomic mass is 9.86. The minimum atomic E-state index is -3.79. The van der Waals surface area contributed by atoms with Crippen molar-refractivity contribution in [3.63, 3.8) is 0 Å². The van der Waals surface area contributed by atoms with E-state index in [2.05, 4.69) is 10.0 Å². The van der Waals surface area contributed by atoms with Gasteiger partial charge in [0.2, 0.25) is 11.8 Å². The first-order chi connectivity index (χ1) is 13.2. The number of hydrogen-bond acceptors (Lipinski definition) is 4. The molecule has 0 spiro atoms. The number of benzene rings is 2. The van der Waals surface area contributed by atoms with Crippen LogP contribution in [0, 0.1) is 0 Å². The molecule has 0 saturated carbocycles. The third kappa shape index (κ3) is 3.03. The smallest absolute Gasteiger partial charge is 0.261 e. The van der Waals surface area contributed by atoms with E-state index in [-0.39, 0.29) is 16.7 Å². The molecule has 0 bridgehead atoms. The molecule has 1 fully saturated rings. The molecule has 0 aromatic heterocycles. The van der Waals surface area contributed by atoms with Gasteiger partial charge >= 0.3 is 0 Å². The van der Waals surface area contributed by atoms with Crippen LogP contribution in [-0.2, 0) is 25.0 Å². The second-order valence-corrected chi connectivity index (χ2v) is 9.27. The van der Waals surface area contributed by atoms with Gasteiger partial charge in [-0.1, -0.05) is 0 Å². The van der Waals surface area contributed by atoms with Crippen LogP contribution in [0.1, 0.15) is 32.3 Å². The van der Waals surface area contributed by atoms with Gasteiger partial charge in [0.25, 0.3) is 10.0 Å². The quantitative estimate of drug-likeness (QED) is 0.826. The lowest BCUT2D eigenvalue weighted by molar-refractivity contribution is -0.119. The van der Waals surface area contributed by atoms with Crippen LogP contribution in [0.15, 0.2) is 47.4 Å². The second-order valence-electron chi connectivity index (χ2n) is 7.59. The van der Waals surface area contributed by atoms with E-state index in [4.69, 9.17) is 0 Å². The maximum atomic E-state index is 12.8. The molecule has 2 amide bonds. The number of hydrogen-bond donors (Lipinski definition) is 2. The Kier molecular flexibility index (Phi) is 4.19. The van der Waals surface area contributed by atoms with Crippen molar-refractivity contribution in [1.82, 2.24) is 0 Å². The number of carbonyl (C=O) groups excluding carboxylic acids is 2. The number of anilines is 3. The summed E-state index contributed by atoms with van der Waals surface area (Å²) in [5, 5.41) is 2.80. The highest BCUT2D eigenvalue weighted by Gasteiger charge is 2.38. The molecule has 7 nitrogen and oxygen atoms in total. The minimum Gasteiger partial charge on any atom is -0.325 e. The van der Waals surface area contributed by atoms with Crippen molar-refractivity contribution in [3.8, 4) is 0 Å². The lowest BCUT2D eigenvalue weighted by Crippen LogP contribution is -2.27. The normalized spacial score (nSPS) is 18.1. The zero-order chi connectivity index (χ0) is 20.1. The maximum absolute atomic E-state index is 12.8. The summed E-state index contributed by atoms with van der Waals surface area (Å²) < 4.78 is 28.1. The van der Waals surface area contributed by atoms with E-state index < -0.39 is 15.4 Å². The summed E-state index contributed by atoms with van der Waals surface area (Å²) in [5.74, 6) is -0.0628. The summed E-state index contributed by atoms with van der Waals surface area (Å²) in [5.41, 5.74) is 1.81. The highest BCUT2D eigenvalue weighted by Crippen LogP contribution is 2.39. The SMILES string of the molecule is CC1(C)C(=O)Nc2ccc(NS(=O)(=O)c3ccc(N4CCCC4=O)cc3)cc21. The Balaban J connectivity index is 1.58. The number of fused-ring (bicyclic) bond motifs is 1. The third-order valence-corrected chi connectivity index (χ3v) is 6.69. The molecule has 146 valence electrons. The summed E-state index contributed by atoms with van der Waals surface area (Å²) in [6.07, 6.45) is 1.33. The zero-order valence-electron chi connectivity index (χ0n) is 15.7. The maximum Gasteiger partial charge on any atom is 0.261 e. The summed E-state index contributed by atoms with van der Waals surface area (Å²) in [6, 6.07) is 11.3. The molecule has 2 aliphatic rings. The topological polar surface area (TPSA) is 95.6 Å². The number of nitrogens with zero attached hydrogens (tertiary/aromatic N) is 1. The highest BCUT2D eigenvalue weighted by molar-refractivity contribution is 7.92. The van der Waals surface area contributed by atoms with Crippen LogP contribution in [-0.4, -0.2) is 26.8 Å². The van der Waals surface area contributed by atoms with E-state index in [1.807, 2.05) is 0 Å². The second kappa shape index (κ2) is 6.34. The van der Waals surface area contributed by atoms with Crippen LogP contribution in [0.5, 0.6) is 0 Å². The fourth-order valence-electron chi connectivity index (χ4n) is 3.58. The Bertz CT molecular complexity index is 1080. The molecule has 0 radical (unpaired) electrons. The molecule has 2 N–H and O–H groups in total. The fourth-order valence-corrected chi connectivity index (χ4v) is 4.62. The van der Waals surface area contributed by atoms with Crippen LogP contribution in [0.3, 0.4) is 0 Å². The Labute approximate surface area is 163 Å². The number of amides is 2. The van der Waals surface area contributed by atoms with Crippen LogP contribution in [0.2, 0.25) is 0 Å². The van der Waals surface area contributed by atoms with E-state index in [0.29, 0.717) is 30.0 Å². The summed E-state index contributed by atoms with van der Waals surface area (Å²) in [6.45, 7) is 4.25. The van der Waals surface area contributed by atoms with E-state index in [9.17, 15) is 18.0 Å². The Morgan fingerprint density at radius 3 is 2.43 bits per heavy atom. The molecule has 4 rings (SSSR count). The first-order valence-electron chi connectivity index (χ1n) is 9.08. The van der Waals surface area contributed by atoms with Crippen LogP contribution < -0.4 is 14.9 Å². The molecule has 28 heavy (non-hydrogen) atoms. The highest BCUT2D eigenvalue weighted by atomic mass is 32.2. The van der Waals surface area contributed by atoms with E-state index in [1.54, 1.807) is 49.1 Å². The van der Waals surface area contributed by atoms with Crippen molar-refractivity contribution in [2.75, 3.05) is 21.5 Å². The molecule has 0 unspecified atom stereocenters. The molecular formula is C20H21N3O4S. The molecule has 2 aromatic carbocycles. The Morgan fingerprint density at radius 1 is 1.07 bits per heavy atom. The van der Waals surface area contributed by atoms with Crippen LogP contribution in [0.4, 0.5) is 17.1 Å². The predicted molar refractivity (Wildman–Crippen MR) is 107 cm³/mol. The van der Waals surface area contributed by atoms with Crippen molar-refractivity contribution in [2.24, 2.45) is 0 Å². The van der Waals surface area contributed by atoms with Crippen molar-refractivity contribution < 1.29 is 18.0 Å². The third-order valence-electron chi connectivity index (χ3n) is 5.29. The molecule has 1 saturated heterocycles. The number of nitrogens with one attached hydrogen (secondary N) is 2. The van der Waals surface area contributed by atoms with Crippen LogP contribution >= 0.6 is 0 Å². The van der Waals surface area contributed by atoms with Crippen LogP contribution in [0.25, 0.3) is 0 Å². The first-order valence-corrected chi connectivity index (χ1v) is 10.6. The van der Waals surface area contributed by atoms with Gasteiger partial charge in [0.1, 0.15) is 0 Å². The van der Waals surface area contributed by atoms with Crippen molar-refractivity contribution >= 4 is 38.9 Å². The van der Waals surface area contributed by atoms with E-state index >= 15 is 0 Å². The van der Waals surface area contributed by atoms with Gasteiger partial charge in [0.15, 0.2) is 0 Å². The number of rotatable bonds is 4. The largest absolute Gasteiger partial charge is 0.325 e.